The van der Waals surface area contributed by atoms with E-state index >= 15 is 0 Å². The van der Waals surface area contributed by atoms with E-state index in [4.69, 9.17) is 0 Å². The maximum Gasteiger partial charge on any atom is 0.230 e. The summed E-state index contributed by atoms with van der Waals surface area (Å²) in [5.74, 6) is 0.147. The number of aromatic nitrogens is 2. The van der Waals surface area contributed by atoms with Gasteiger partial charge in [-0.15, -0.1) is 11.3 Å². The average Bonchev–Trinajstić information content (AvgIpc) is 3.28. The van der Waals surface area contributed by atoms with Crippen molar-refractivity contribution in [2.24, 2.45) is 0 Å². The number of carbonyl (C=O) groups excluding carboxylic acids is 1. The van der Waals surface area contributed by atoms with Gasteiger partial charge in [-0.25, -0.2) is 14.4 Å². The Kier molecular flexibility index (Phi) is 4.20. The maximum atomic E-state index is 13.1. The molecule has 1 aliphatic rings. The van der Waals surface area contributed by atoms with Crippen LogP contribution in [0.25, 0.3) is 20.7 Å². The molecule has 2 aromatic heterocycles. The first kappa shape index (κ1) is 15.5. The second-order valence-electron chi connectivity index (χ2n) is 5.64. The van der Waals surface area contributed by atoms with Crippen molar-refractivity contribution in [2.75, 3.05) is 5.75 Å². The molecule has 1 aromatic carbocycles. The first-order chi connectivity index (χ1) is 11.7. The third-order valence-electron chi connectivity index (χ3n) is 3.69. The van der Waals surface area contributed by atoms with E-state index in [-0.39, 0.29) is 11.7 Å². The zero-order valence-electron chi connectivity index (χ0n) is 12.7. The Morgan fingerprint density at radius 1 is 1.29 bits per heavy atom. The lowest BCUT2D eigenvalue weighted by Crippen LogP contribution is -2.27. The van der Waals surface area contributed by atoms with Crippen LogP contribution in [-0.2, 0) is 4.79 Å². The van der Waals surface area contributed by atoms with E-state index in [0.29, 0.717) is 11.8 Å². The number of fused-ring (bicyclic) bond motifs is 1. The SMILES string of the molecule is O=C(CSc1ncnc2cc(-c3ccc(F)cc3)sc12)NC1CC1. The van der Waals surface area contributed by atoms with Crippen molar-refractivity contribution in [3.05, 3.63) is 42.5 Å². The van der Waals surface area contributed by atoms with Gasteiger partial charge in [0.15, 0.2) is 0 Å². The molecule has 0 bridgehead atoms. The molecular weight excluding hydrogens is 345 g/mol. The second kappa shape index (κ2) is 6.49. The Bertz CT molecular complexity index is 890. The Hall–Kier alpha value is -1.99. The van der Waals surface area contributed by atoms with E-state index < -0.39 is 0 Å². The van der Waals surface area contributed by atoms with Gasteiger partial charge in [-0.3, -0.25) is 4.79 Å². The normalized spacial score (nSPS) is 14.0. The summed E-state index contributed by atoms with van der Waals surface area (Å²) in [7, 11) is 0. The van der Waals surface area contributed by atoms with Gasteiger partial charge in [0.1, 0.15) is 17.2 Å². The number of thioether (sulfide) groups is 1. The fourth-order valence-corrected chi connectivity index (χ4v) is 4.33. The van der Waals surface area contributed by atoms with Crippen molar-refractivity contribution in [3.63, 3.8) is 0 Å². The minimum absolute atomic E-state index is 0.0459. The molecule has 4 nitrogen and oxygen atoms in total. The number of thiophene rings is 1. The Morgan fingerprint density at radius 2 is 2.08 bits per heavy atom. The maximum absolute atomic E-state index is 13.1. The number of benzene rings is 1. The lowest BCUT2D eigenvalue weighted by molar-refractivity contribution is -0.118. The van der Waals surface area contributed by atoms with Crippen LogP contribution < -0.4 is 5.32 Å². The van der Waals surface area contributed by atoms with Crippen molar-refractivity contribution in [1.29, 1.82) is 0 Å². The molecule has 0 atom stereocenters. The van der Waals surface area contributed by atoms with Gasteiger partial charge in [0.25, 0.3) is 0 Å². The minimum Gasteiger partial charge on any atom is -0.353 e. The average molecular weight is 359 g/mol. The summed E-state index contributed by atoms with van der Waals surface area (Å²) in [5.41, 5.74) is 1.79. The lowest BCUT2D eigenvalue weighted by Gasteiger charge is -2.03. The molecule has 1 fully saturated rings. The summed E-state index contributed by atoms with van der Waals surface area (Å²) in [6.45, 7) is 0. The van der Waals surface area contributed by atoms with Crippen molar-refractivity contribution in [2.45, 2.75) is 23.9 Å². The Labute approximate surface area is 146 Å². The molecular formula is C17H14FN3OS2. The van der Waals surface area contributed by atoms with Gasteiger partial charge in [-0.2, -0.15) is 0 Å². The van der Waals surface area contributed by atoms with Crippen molar-refractivity contribution < 1.29 is 9.18 Å². The highest BCUT2D eigenvalue weighted by Gasteiger charge is 2.23. The van der Waals surface area contributed by atoms with E-state index in [1.807, 2.05) is 6.07 Å². The van der Waals surface area contributed by atoms with Crippen LogP contribution in [0.1, 0.15) is 12.8 Å². The van der Waals surface area contributed by atoms with E-state index in [2.05, 4.69) is 15.3 Å². The zero-order valence-corrected chi connectivity index (χ0v) is 14.3. The van der Waals surface area contributed by atoms with Crippen molar-refractivity contribution in [1.82, 2.24) is 15.3 Å². The minimum atomic E-state index is -0.252. The largest absolute Gasteiger partial charge is 0.353 e. The molecule has 7 heteroatoms. The lowest BCUT2D eigenvalue weighted by atomic mass is 10.2. The van der Waals surface area contributed by atoms with Crippen molar-refractivity contribution >= 4 is 39.2 Å². The highest BCUT2D eigenvalue weighted by Crippen LogP contribution is 2.36. The molecule has 0 spiro atoms. The van der Waals surface area contributed by atoms with Crippen LogP contribution in [0, 0.1) is 5.82 Å². The highest BCUT2D eigenvalue weighted by molar-refractivity contribution is 8.00. The van der Waals surface area contributed by atoms with Crippen LogP contribution in [0.2, 0.25) is 0 Å². The van der Waals surface area contributed by atoms with Gasteiger partial charge in [0.05, 0.1) is 16.0 Å². The number of nitrogens with zero attached hydrogens (tertiary/aromatic N) is 2. The molecule has 4 rings (SSSR count). The molecule has 122 valence electrons. The first-order valence-electron chi connectivity index (χ1n) is 7.62. The first-order valence-corrected chi connectivity index (χ1v) is 9.42. The zero-order chi connectivity index (χ0) is 16.5. The summed E-state index contributed by atoms with van der Waals surface area (Å²) >= 11 is 2.99. The van der Waals surface area contributed by atoms with Gasteiger partial charge in [0.2, 0.25) is 5.91 Å². The number of carbonyl (C=O) groups is 1. The van der Waals surface area contributed by atoms with Crippen LogP contribution in [0.4, 0.5) is 4.39 Å². The van der Waals surface area contributed by atoms with Crippen LogP contribution in [0.15, 0.2) is 41.7 Å². The number of nitrogens with one attached hydrogen (secondary N) is 1. The molecule has 0 radical (unpaired) electrons. The number of halogens is 1. The second-order valence-corrected chi connectivity index (χ2v) is 7.66. The van der Waals surface area contributed by atoms with Crippen LogP contribution >= 0.6 is 23.1 Å². The predicted molar refractivity (Wildman–Crippen MR) is 94.7 cm³/mol. The van der Waals surface area contributed by atoms with Gasteiger partial charge >= 0.3 is 0 Å². The fraction of sp³-hybridized carbons (Fsp3) is 0.235. The van der Waals surface area contributed by atoms with Gasteiger partial charge in [0, 0.05) is 10.9 Å². The monoisotopic (exact) mass is 359 g/mol. The molecule has 0 aliphatic heterocycles. The smallest absolute Gasteiger partial charge is 0.230 e. The summed E-state index contributed by atoms with van der Waals surface area (Å²) in [6.07, 6.45) is 3.69. The summed E-state index contributed by atoms with van der Waals surface area (Å²) in [6, 6.07) is 8.75. The summed E-state index contributed by atoms with van der Waals surface area (Å²) in [5, 5.41) is 3.78. The number of rotatable bonds is 5. The number of hydrogen-bond acceptors (Lipinski definition) is 5. The van der Waals surface area contributed by atoms with E-state index in [0.717, 1.165) is 38.5 Å². The van der Waals surface area contributed by atoms with E-state index in [9.17, 15) is 9.18 Å². The Morgan fingerprint density at radius 3 is 2.83 bits per heavy atom. The molecule has 2 heterocycles. The predicted octanol–water partition coefficient (Wildman–Crippen LogP) is 3.87. The van der Waals surface area contributed by atoms with Crippen LogP contribution in [0.3, 0.4) is 0 Å². The molecule has 24 heavy (non-hydrogen) atoms. The summed E-state index contributed by atoms with van der Waals surface area (Å²) < 4.78 is 14.0. The molecule has 1 aliphatic carbocycles. The van der Waals surface area contributed by atoms with Gasteiger partial charge < -0.3 is 5.32 Å². The highest BCUT2D eigenvalue weighted by atomic mass is 32.2. The van der Waals surface area contributed by atoms with Crippen molar-refractivity contribution in [3.8, 4) is 10.4 Å². The third kappa shape index (κ3) is 3.42. The molecule has 0 saturated heterocycles. The quantitative estimate of drug-likeness (QED) is 0.555. The summed E-state index contributed by atoms with van der Waals surface area (Å²) in [4.78, 5) is 21.5. The fourth-order valence-electron chi connectivity index (χ4n) is 2.32. The van der Waals surface area contributed by atoms with Gasteiger partial charge in [-0.05, 0) is 36.6 Å². The topological polar surface area (TPSA) is 54.9 Å². The standard InChI is InChI=1S/C17H14FN3OS2/c18-11-3-1-10(2-4-11)14-7-13-16(24-14)17(20-9-19-13)23-8-15(22)21-12-5-6-12/h1-4,7,9,12H,5-6,8H2,(H,21,22). The van der Waals surface area contributed by atoms with E-state index in [1.165, 1.54) is 30.2 Å². The van der Waals surface area contributed by atoms with E-state index in [1.54, 1.807) is 23.5 Å². The number of amides is 1. The molecule has 0 unspecified atom stereocenters. The third-order valence-corrected chi connectivity index (χ3v) is 5.99. The molecule has 1 saturated carbocycles. The van der Waals surface area contributed by atoms with Crippen LogP contribution in [-0.4, -0.2) is 27.7 Å². The van der Waals surface area contributed by atoms with Gasteiger partial charge in [-0.1, -0.05) is 23.9 Å². The Balaban J connectivity index is 1.57. The van der Waals surface area contributed by atoms with Crippen LogP contribution in [0.5, 0.6) is 0 Å². The number of hydrogen-bond donors (Lipinski definition) is 1. The molecule has 1 N–H and O–H groups in total. The molecule has 1 amide bonds. The molecule has 3 aromatic rings.